The van der Waals surface area contributed by atoms with Gasteiger partial charge >= 0.3 is 0 Å². The van der Waals surface area contributed by atoms with Gasteiger partial charge in [-0.05, 0) is 43.2 Å². The van der Waals surface area contributed by atoms with Gasteiger partial charge in [0.2, 0.25) is 0 Å². The molecule has 1 heterocycles. The van der Waals surface area contributed by atoms with Crippen molar-refractivity contribution in [2.75, 3.05) is 4.72 Å². The van der Waals surface area contributed by atoms with Gasteiger partial charge in [0.25, 0.3) is 10.0 Å². The van der Waals surface area contributed by atoms with E-state index in [4.69, 9.17) is 0 Å². The lowest BCUT2D eigenvalue weighted by Gasteiger charge is -2.11. The van der Waals surface area contributed by atoms with Gasteiger partial charge < -0.3 is 5.11 Å². The number of aryl methyl sites for hydroxylation is 2. The summed E-state index contributed by atoms with van der Waals surface area (Å²) in [5, 5.41) is 9.51. The molecular formula is C18H17N3O3S. The summed E-state index contributed by atoms with van der Waals surface area (Å²) in [6.07, 6.45) is 2.80. The van der Waals surface area contributed by atoms with Crippen molar-refractivity contribution in [3.63, 3.8) is 0 Å². The van der Waals surface area contributed by atoms with Crippen molar-refractivity contribution in [1.29, 1.82) is 0 Å². The molecule has 7 heteroatoms. The van der Waals surface area contributed by atoms with Crippen LogP contribution >= 0.6 is 0 Å². The van der Waals surface area contributed by atoms with Gasteiger partial charge in [0, 0.05) is 5.56 Å². The minimum absolute atomic E-state index is 0.112. The number of nitrogens with zero attached hydrogens (tertiary/aromatic N) is 2. The Bertz CT molecular complexity index is 1020. The topological polar surface area (TPSA) is 92.2 Å². The van der Waals surface area contributed by atoms with E-state index >= 15 is 0 Å². The van der Waals surface area contributed by atoms with Crippen LogP contribution < -0.4 is 4.72 Å². The maximum atomic E-state index is 12.6. The van der Waals surface area contributed by atoms with Crippen LogP contribution in [0.25, 0.3) is 11.4 Å². The molecule has 0 radical (unpaired) electrons. The number of aromatic hydroxyl groups is 1. The molecule has 2 aromatic carbocycles. The van der Waals surface area contributed by atoms with E-state index in [0.717, 1.165) is 5.56 Å². The number of sulfonamides is 1. The SMILES string of the molecule is Cc1ccc(C)c(S(=O)(=O)Nc2cnc(-c3cccc(O)c3)nc2)c1. The maximum absolute atomic E-state index is 12.6. The number of benzene rings is 2. The van der Waals surface area contributed by atoms with Crippen molar-refractivity contribution in [2.45, 2.75) is 18.7 Å². The van der Waals surface area contributed by atoms with Gasteiger partial charge in [0.1, 0.15) is 5.75 Å². The van der Waals surface area contributed by atoms with Crippen molar-refractivity contribution in [3.8, 4) is 17.1 Å². The van der Waals surface area contributed by atoms with Crippen molar-refractivity contribution in [2.24, 2.45) is 0 Å². The fourth-order valence-electron chi connectivity index (χ4n) is 2.38. The zero-order chi connectivity index (χ0) is 18.0. The molecule has 2 N–H and O–H groups in total. The van der Waals surface area contributed by atoms with Crippen LogP contribution in [0.1, 0.15) is 11.1 Å². The second-order valence-corrected chi connectivity index (χ2v) is 7.37. The number of hydrogen-bond donors (Lipinski definition) is 2. The summed E-state index contributed by atoms with van der Waals surface area (Å²) in [5.74, 6) is 0.506. The van der Waals surface area contributed by atoms with E-state index in [2.05, 4.69) is 14.7 Å². The Morgan fingerprint density at radius 2 is 1.72 bits per heavy atom. The molecule has 0 saturated carbocycles. The molecule has 0 spiro atoms. The minimum atomic E-state index is -3.72. The fraction of sp³-hybridized carbons (Fsp3) is 0.111. The molecule has 0 bridgehead atoms. The molecular weight excluding hydrogens is 338 g/mol. The van der Waals surface area contributed by atoms with Gasteiger partial charge in [0.15, 0.2) is 5.82 Å². The van der Waals surface area contributed by atoms with Crippen molar-refractivity contribution in [3.05, 3.63) is 66.0 Å². The van der Waals surface area contributed by atoms with Crippen LogP contribution in [-0.4, -0.2) is 23.5 Å². The number of anilines is 1. The first-order chi connectivity index (χ1) is 11.8. The normalized spacial score (nSPS) is 11.3. The summed E-state index contributed by atoms with van der Waals surface area (Å²) in [6.45, 7) is 3.58. The van der Waals surface area contributed by atoms with Gasteiger partial charge in [-0.3, -0.25) is 4.72 Å². The quantitative estimate of drug-likeness (QED) is 0.749. The lowest BCUT2D eigenvalue weighted by atomic mass is 10.2. The van der Waals surface area contributed by atoms with Crippen LogP contribution in [0.2, 0.25) is 0 Å². The average molecular weight is 355 g/mol. The van der Waals surface area contributed by atoms with E-state index in [1.807, 2.05) is 13.0 Å². The molecule has 6 nitrogen and oxygen atoms in total. The average Bonchev–Trinajstić information content (AvgIpc) is 2.57. The van der Waals surface area contributed by atoms with Crippen molar-refractivity contribution in [1.82, 2.24) is 9.97 Å². The van der Waals surface area contributed by atoms with Crippen LogP contribution in [0.4, 0.5) is 5.69 Å². The predicted molar refractivity (Wildman–Crippen MR) is 95.9 cm³/mol. The van der Waals surface area contributed by atoms with Gasteiger partial charge in [-0.2, -0.15) is 0 Å². The number of nitrogens with one attached hydrogen (secondary N) is 1. The molecule has 128 valence electrons. The number of rotatable bonds is 4. The molecule has 0 aliphatic rings. The molecule has 0 unspecified atom stereocenters. The number of phenols is 1. The number of hydrogen-bond acceptors (Lipinski definition) is 5. The Balaban J connectivity index is 1.87. The maximum Gasteiger partial charge on any atom is 0.262 e. The molecule has 3 rings (SSSR count). The highest BCUT2D eigenvalue weighted by Crippen LogP contribution is 2.22. The zero-order valence-corrected chi connectivity index (χ0v) is 14.6. The molecule has 0 amide bonds. The Hall–Kier alpha value is -2.93. The fourth-order valence-corrected chi connectivity index (χ4v) is 3.74. The summed E-state index contributed by atoms with van der Waals surface area (Å²) < 4.78 is 27.6. The van der Waals surface area contributed by atoms with Gasteiger partial charge in [0.05, 0.1) is 23.0 Å². The van der Waals surface area contributed by atoms with Gasteiger partial charge in [-0.25, -0.2) is 18.4 Å². The third-order valence-electron chi connectivity index (χ3n) is 3.64. The number of phenolic OH excluding ortho intramolecular Hbond substituents is 1. The molecule has 0 atom stereocenters. The van der Waals surface area contributed by atoms with E-state index in [9.17, 15) is 13.5 Å². The minimum Gasteiger partial charge on any atom is -0.508 e. The highest BCUT2D eigenvalue weighted by Gasteiger charge is 2.17. The molecule has 0 saturated heterocycles. The molecule has 0 fully saturated rings. The van der Waals surface area contributed by atoms with Gasteiger partial charge in [-0.1, -0.05) is 24.3 Å². The van der Waals surface area contributed by atoms with Crippen LogP contribution in [0.15, 0.2) is 59.8 Å². The van der Waals surface area contributed by atoms with E-state index in [0.29, 0.717) is 17.0 Å². The predicted octanol–water partition coefficient (Wildman–Crippen LogP) is 3.27. The largest absolute Gasteiger partial charge is 0.508 e. The number of aromatic nitrogens is 2. The highest BCUT2D eigenvalue weighted by atomic mass is 32.2. The summed E-state index contributed by atoms with van der Waals surface area (Å²) in [4.78, 5) is 8.54. The Kier molecular flexibility index (Phi) is 4.41. The van der Waals surface area contributed by atoms with Crippen LogP contribution in [0.5, 0.6) is 5.75 Å². The summed E-state index contributed by atoms with van der Waals surface area (Å²) in [7, 11) is -3.72. The van der Waals surface area contributed by atoms with Crippen LogP contribution in [0.3, 0.4) is 0 Å². The lowest BCUT2D eigenvalue weighted by molar-refractivity contribution is 0.475. The first kappa shape index (κ1) is 16.9. The van der Waals surface area contributed by atoms with Crippen molar-refractivity contribution < 1.29 is 13.5 Å². The van der Waals surface area contributed by atoms with Crippen molar-refractivity contribution >= 4 is 15.7 Å². The monoisotopic (exact) mass is 355 g/mol. The highest BCUT2D eigenvalue weighted by molar-refractivity contribution is 7.92. The van der Waals surface area contributed by atoms with Crippen LogP contribution in [0, 0.1) is 13.8 Å². The standard InChI is InChI=1S/C18H17N3O3S/c1-12-6-7-13(2)17(8-12)25(23,24)21-15-10-19-18(20-11-15)14-4-3-5-16(22)9-14/h3-11,21-22H,1-2H3. The summed E-state index contributed by atoms with van der Waals surface area (Å²) in [5.41, 5.74) is 2.44. The molecule has 0 aliphatic carbocycles. The summed E-state index contributed by atoms with van der Waals surface area (Å²) >= 11 is 0. The Morgan fingerprint density at radius 3 is 2.40 bits per heavy atom. The molecule has 1 aromatic heterocycles. The Labute approximate surface area is 146 Å². The van der Waals surface area contributed by atoms with E-state index in [1.165, 1.54) is 18.5 Å². The zero-order valence-electron chi connectivity index (χ0n) is 13.8. The summed E-state index contributed by atoms with van der Waals surface area (Å²) in [6, 6.07) is 11.8. The second-order valence-electron chi connectivity index (χ2n) is 5.72. The lowest BCUT2D eigenvalue weighted by Crippen LogP contribution is -2.15. The van der Waals surface area contributed by atoms with E-state index < -0.39 is 10.0 Å². The first-order valence-corrected chi connectivity index (χ1v) is 9.05. The molecule has 25 heavy (non-hydrogen) atoms. The molecule has 0 aliphatic heterocycles. The van der Waals surface area contributed by atoms with E-state index in [1.54, 1.807) is 37.3 Å². The molecule has 3 aromatic rings. The Morgan fingerprint density at radius 1 is 1.00 bits per heavy atom. The third kappa shape index (κ3) is 3.77. The third-order valence-corrected chi connectivity index (χ3v) is 5.16. The second kappa shape index (κ2) is 6.52. The first-order valence-electron chi connectivity index (χ1n) is 7.57. The van der Waals surface area contributed by atoms with Gasteiger partial charge in [-0.15, -0.1) is 0 Å². The van der Waals surface area contributed by atoms with E-state index in [-0.39, 0.29) is 16.3 Å². The van der Waals surface area contributed by atoms with Crippen LogP contribution in [-0.2, 0) is 10.0 Å². The smallest absolute Gasteiger partial charge is 0.262 e.